The fourth-order valence-electron chi connectivity index (χ4n) is 1.68. The van der Waals surface area contributed by atoms with Crippen LogP contribution >= 0.6 is 0 Å². The van der Waals surface area contributed by atoms with E-state index in [2.05, 4.69) is 10.1 Å². The van der Waals surface area contributed by atoms with Gasteiger partial charge in [-0.3, -0.25) is 0 Å². The van der Waals surface area contributed by atoms with Crippen molar-refractivity contribution in [1.29, 1.82) is 0 Å². The van der Waals surface area contributed by atoms with Crippen LogP contribution in [0.3, 0.4) is 0 Å². The summed E-state index contributed by atoms with van der Waals surface area (Å²) >= 11 is 0. The zero-order valence-electron chi connectivity index (χ0n) is 10.1. The molecule has 19 heavy (non-hydrogen) atoms. The number of benzene rings is 1. The molecule has 102 valence electrons. The van der Waals surface area contributed by atoms with Crippen LogP contribution in [0.5, 0.6) is 0 Å². The predicted molar refractivity (Wildman–Crippen MR) is 62.1 cm³/mol. The summed E-state index contributed by atoms with van der Waals surface area (Å²) in [5, 5.41) is 13.2. The van der Waals surface area contributed by atoms with Crippen molar-refractivity contribution < 1.29 is 18.3 Å². The normalized spacial score (nSPS) is 11.8. The first kappa shape index (κ1) is 13.5. The number of aliphatic hydroxyl groups is 1. The SMILES string of the molecule is CCn1nc(-c2ccc(C(F)(F)F)cc2)nc1CO. The molecule has 0 radical (unpaired) electrons. The number of hydrogen-bond acceptors (Lipinski definition) is 3. The van der Waals surface area contributed by atoms with E-state index < -0.39 is 11.7 Å². The van der Waals surface area contributed by atoms with E-state index >= 15 is 0 Å². The summed E-state index contributed by atoms with van der Waals surface area (Å²) in [7, 11) is 0. The van der Waals surface area contributed by atoms with Crippen LogP contribution in [0.4, 0.5) is 13.2 Å². The molecule has 1 aromatic heterocycles. The van der Waals surface area contributed by atoms with Crippen LogP contribution in [0.15, 0.2) is 24.3 Å². The minimum Gasteiger partial charge on any atom is -0.388 e. The fourth-order valence-corrected chi connectivity index (χ4v) is 1.68. The van der Waals surface area contributed by atoms with Gasteiger partial charge in [-0.05, 0) is 19.1 Å². The molecule has 0 aliphatic carbocycles. The minimum absolute atomic E-state index is 0.262. The topological polar surface area (TPSA) is 50.9 Å². The molecule has 0 saturated carbocycles. The molecule has 0 bridgehead atoms. The number of halogens is 3. The smallest absolute Gasteiger partial charge is 0.388 e. The Morgan fingerprint density at radius 2 is 1.84 bits per heavy atom. The molecule has 7 heteroatoms. The Labute approximate surface area is 107 Å². The van der Waals surface area contributed by atoms with Gasteiger partial charge in [0.15, 0.2) is 11.6 Å². The summed E-state index contributed by atoms with van der Waals surface area (Å²) in [5.41, 5.74) is -0.233. The lowest BCUT2D eigenvalue weighted by molar-refractivity contribution is -0.137. The van der Waals surface area contributed by atoms with Crippen molar-refractivity contribution in [3.8, 4) is 11.4 Å². The Balaban J connectivity index is 2.34. The van der Waals surface area contributed by atoms with Gasteiger partial charge in [0.25, 0.3) is 0 Å². The van der Waals surface area contributed by atoms with E-state index in [-0.39, 0.29) is 6.61 Å². The third-order valence-corrected chi connectivity index (χ3v) is 2.66. The average Bonchev–Trinajstić information content (AvgIpc) is 2.81. The highest BCUT2D eigenvalue weighted by molar-refractivity contribution is 5.55. The summed E-state index contributed by atoms with van der Waals surface area (Å²) in [6, 6.07) is 4.61. The second-order valence-corrected chi connectivity index (χ2v) is 3.90. The molecular formula is C12H12F3N3O. The number of aromatic nitrogens is 3. The van der Waals surface area contributed by atoms with Crippen molar-refractivity contribution in [2.24, 2.45) is 0 Å². The van der Waals surface area contributed by atoms with Gasteiger partial charge in [-0.1, -0.05) is 12.1 Å². The maximum absolute atomic E-state index is 12.4. The first-order valence-electron chi connectivity index (χ1n) is 5.68. The van der Waals surface area contributed by atoms with Crippen molar-refractivity contribution in [1.82, 2.24) is 14.8 Å². The van der Waals surface area contributed by atoms with Gasteiger partial charge in [-0.25, -0.2) is 9.67 Å². The van der Waals surface area contributed by atoms with Gasteiger partial charge >= 0.3 is 6.18 Å². The lowest BCUT2D eigenvalue weighted by Gasteiger charge is -2.06. The molecule has 1 N–H and O–H groups in total. The van der Waals surface area contributed by atoms with Gasteiger partial charge in [0.05, 0.1) is 5.56 Å². The first-order chi connectivity index (χ1) is 8.95. The second kappa shape index (κ2) is 5.00. The Kier molecular flexibility index (Phi) is 3.57. The van der Waals surface area contributed by atoms with Gasteiger partial charge in [-0.15, -0.1) is 0 Å². The molecule has 0 saturated heterocycles. The average molecular weight is 271 g/mol. The molecule has 1 aromatic carbocycles. The third kappa shape index (κ3) is 2.76. The van der Waals surface area contributed by atoms with Crippen molar-refractivity contribution in [3.05, 3.63) is 35.7 Å². The van der Waals surface area contributed by atoms with E-state index in [1.54, 1.807) is 0 Å². The number of hydrogen-bond donors (Lipinski definition) is 1. The van der Waals surface area contributed by atoms with E-state index in [1.807, 2.05) is 6.92 Å². The Morgan fingerprint density at radius 1 is 1.21 bits per heavy atom. The largest absolute Gasteiger partial charge is 0.416 e. The quantitative estimate of drug-likeness (QED) is 0.933. The summed E-state index contributed by atoms with van der Waals surface area (Å²) in [4.78, 5) is 4.08. The maximum atomic E-state index is 12.4. The molecule has 0 fully saturated rings. The summed E-state index contributed by atoms with van der Waals surface area (Å²) < 4.78 is 38.8. The fraction of sp³-hybridized carbons (Fsp3) is 0.333. The molecule has 0 atom stereocenters. The highest BCUT2D eigenvalue weighted by Gasteiger charge is 2.30. The molecule has 0 aliphatic heterocycles. The summed E-state index contributed by atoms with van der Waals surface area (Å²) in [6.45, 7) is 2.11. The van der Waals surface area contributed by atoms with Crippen molar-refractivity contribution in [2.45, 2.75) is 26.3 Å². The number of aryl methyl sites for hydroxylation is 1. The number of aliphatic hydroxyl groups excluding tert-OH is 1. The van der Waals surface area contributed by atoms with Crippen molar-refractivity contribution in [3.63, 3.8) is 0 Å². The van der Waals surface area contributed by atoms with E-state index in [0.717, 1.165) is 12.1 Å². The van der Waals surface area contributed by atoms with Crippen LogP contribution in [-0.4, -0.2) is 19.9 Å². The molecule has 0 spiro atoms. The lowest BCUT2D eigenvalue weighted by atomic mass is 10.1. The van der Waals surface area contributed by atoms with E-state index in [1.165, 1.54) is 16.8 Å². The number of nitrogens with zero attached hydrogens (tertiary/aromatic N) is 3. The molecule has 4 nitrogen and oxygen atoms in total. The van der Waals surface area contributed by atoms with Crippen LogP contribution in [0.25, 0.3) is 11.4 Å². The van der Waals surface area contributed by atoms with Crippen LogP contribution < -0.4 is 0 Å². The van der Waals surface area contributed by atoms with Gasteiger partial charge in [0.1, 0.15) is 6.61 Å². The molecular weight excluding hydrogens is 259 g/mol. The third-order valence-electron chi connectivity index (χ3n) is 2.66. The predicted octanol–water partition coefficient (Wildman–Crippen LogP) is 2.48. The van der Waals surface area contributed by atoms with Crippen molar-refractivity contribution in [2.75, 3.05) is 0 Å². The van der Waals surface area contributed by atoms with Crippen LogP contribution in [0, 0.1) is 0 Å². The van der Waals surface area contributed by atoms with Crippen LogP contribution in [0.2, 0.25) is 0 Å². The van der Waals surface area contributed by atoms with E-state index in [9.17, 15) is 13.2 Å². The van der Waals surface area contributed by atoms with Gasteiger partial charge in [0, 0.05) is 12.1 Å². The molecule has 2 aromatic rings. The van der Waals surface area contributed by atoms with E-state index in [0.29, 0.717) is 23.8 Å². The first-order valence-corrected chi connectivity index (χ1v) is 5.68. The molecule has 2 rings (SSSR count). The number of alkyl halides is 3. The molecule has 1 heterocycles. The van der Waals surface area contributed by atoms with E-state index in [4.69, 9.17) is 5.11 Å². The Bertz CT molecular complexity index is 539. The van der Waals surface area contributed by atoms with Crippen LogP contribution in [-0.2, 0) is 19.3 Å². The second-order valence-electron chi connectivity index (χ2n) is 3.90. The Hall–Kier alpha value is -1.89. The standard InChI is InChI=1S/C12H12F3N3O/c1-2-18-10(7-19)16-11(17-18)8-3-5-9(6-4-8)12(13,14)15/h3-6,19H,2,7H2,1H3. The number of rotatable bonds is 3. The maximum Gasteiger partial charge on any atom is 0.416 e. The molecule has 0 unspecified atom stereocenters. The molecule has 0 amide bonds. The monoisotopic (exact) mass is 271 g/mol. The lowest BCUT2D eigenvalue weighted by Crippen LogP contribution is -2.04. The highest BCUT2D eigenvalue weighted by atomic mass is 19.4. The summed E-state index contributed by atoms with van der Waals surface area (Å²) in [5.74, 6) is 0.692. The van der Waals surface area contributed by atoms with Crippen LogP contribution in [0.1, 0.15) is 18.3 Å². The highest BCUT2D eigenvalue weighted by Crippen LogP contribution is 2.30. The minimum atomic E-state index is -4.36. The molecule has 0 aliphatic rings. The van der Waals surface area contributed by atoms with Gasteiger partial charge in [0.2, 0.25) is 0 Å². The van der Waals surface area contributed by atoms with Crippen molar-refractivity contribution >= 4 is 0 Å². The zero-order chi connectivity index (χ0) is 14.0. The van der Waals surface area contributed by atoms with Gasteiger partial charge in [-0.2, -0.15) is 18.3 Å². The Morgan fingerprint density at radius 3 is 2.26 bits per heavy atom. The summed E-state index contributed by atoms with van der Waals surface area (Å²) in [6.07, 6.45) is -4.36. The zero-order valence-corrected chi connectivity index (χ0v) is 10.1. The van der Waals surface area contributed by atoms with Gasteiger partial charge < -0.3 is 5.11 Å².